The van der Waals surface area contributed by atoms with Crippen molar-refractivity contribution in [3.63, 3.8) is 0 Å². The van der Waals surface area contributed by atoms with E-state index in [-0.39, 0.29) is 5.41 Å². The predicted molar refractivity (Wildman–Crippen MR) is 77.9 cm³/mol. The number of hydrogen-bond donors (Lipinski definition) is 2. The molecular weight excluding hydrogens is 236 g/mol. The molecule has 3 atom stereocenters. The molecule has 0 aromatic rings. The molecule has 2 bridgehead atoms. The lowest BCUT2D eigenvalue weighted by atomic mass is 9.54. The Balaban J connectivity index is 1.85. The Morgan fingerprint density at radius 3 is 2.42 bits per heavy atom. The van der Waals surface area contributed by atoms with Crippen LogP contribution < -0.4 is 5.73 Å². The van der Waals surface area contributed by atoms with Crippen molar-refractivity contribution in [3.05, 3.63) is 0 Å². The fraction of sp³-hybridized carbons (Fsp3) is 1.00. The number of rotatable bonds is 2. The first kappa shape index (κ1) is 13.8. The Kier molecular flexibility index (Phi) is 3.23. The van der Waals surface area contributed by atoms with Gasteiger partial charge >= 0.3 is 0 Å². The summed E-state index contributed by atoms with van der Waals surface area (Å²) in [7, 11) is 0. The first-order valence-electron chi connectivity index (χ1n) is 8.06. The van der Waals surface area contributed by atoms with Crippen LogP contribution in [0.1, 0.15) is 52.4 Å². The van der Waals surface area contributed by atoms with Crippen molar-refractivity contribution in [2.75, 3.05) is 26.2 Å². The van der Waals surface area contributed by atoms with Crippen molar-refractivity contribution >= 4 is 0 Å². The second kappa shape index (κ2) is 4.44. The summed E-state index contributed by atoms with van der Waals surface area (Å²) in [5, 5.41) is 11.5. The third-order valence-corrected chi connectivity index (χ3v) is 6.63. The number of piperidine rings is 1. The summed E-state index contributed by atoms with van der Waals surface area (Å²) < 4.78 is 0. The third-order valence-electron chi connectivity index (χ3n) is 6.63. The van der Waals surface area contributed by atoms with Gasteiger partial charge in [0.25, 0.3) is 0 Å². The average Bonchev–Trinajstić information content (AvgIpc) is 2.80. The highest BCUT2D eigenvalue weighted by atomic mass is 16.3. The van der Waals surface area contributed by atoms with Crippen LogP contribution in [0, 0.1) is 16.7 Å². The van der Waals surface area contributed by atoms with Gasteiger partial charge in [-0.25, -0.2) is 0 Å². The van der Waals surface area contributed by atoms with E-state index in [0.29, 0.717) is 17.9 Å². The van der Waals surface area contributed by atoms with Crippen molar-refractivity contribution in [2.45, 2.75) is 58.0 Å². The number of fused-ring (bicyclic) bond motifs is 2. The molecule has 0 amide bonds. The van der Waals surface area contributed by atoms with E-state index >= 15 is 0 Å². The molecule has 0 aromatic heterocycles. The molecule has 1 aliphatic carbocycles. The Labute approximate surface area is 117 Å². The lowest BCUT2D eigenvalue weighted by molar-refractivity contribution is -0.161. The molecule has 3 N–H and O–H groups in total. The molecule has 3 heteroatoms. The van der Waals surface area contributed by atoms with Crippen molar-refractivity contribution in [2.24, 2.45) is 22.5 Å². The van der Waals surface area contributed by atoms with Crippen LogP contribution in [0.3, 0.4) is 0 Å². The molecule has 0 spiro atoms. The average molecular weight is 266 g/mol. The summed E-state index contributed by atoms with van der Waals surface area (Å²) in [4.78, 5) is 2.51. The molecule has 3 rings (SSSR count). The first-order chi connectivity index (χ1) is 8.91. The predicted octanol–water partition coefficient (Wildman–Crippen LogP) is 1.99. The summed E-state index contributed by atoms with van der Waals surface area (Å²) in [6.45, 7) is 8.72. The molecule has 110 valence electrons. The van der Waals surface area contributed by atoms with Gasteiger partial charge in [0.2, 0.25) is 0 Å². The zero-order chi connectivity index (χ0) is 13.7. The van der Waals surface area contributed by atoms with Crippen molar-refractivity contribution in [1.82, 2.24) is 4.90 Å². The van der Waals surface area contributed by atoms with Gasteiger partial charge in [0.05, 0.1) is 5.60 Å². The van der Waals surface area contributed by atoms with Crippen LogP contribution in [0.15, 0.2) is 0 Å². The van der Waals surface area contributed by atoms with E-state index in [9.17, 15) is 5.11 Å². The minimum atomic E-state index is -0.495. The molecule has 1 saturated carbocycles. The molecule has 2 saturated heterocycles. The summed E-state index contributed by atoms with van der Waals surface area (Å²) >= 11 is 0. The highest BCUT2D eigenvalue weighted by molar-refractivity contribution is 5.10. The van der Waals surface area contributed by atoms with Gasteiger partial charge in [-0.05, 0) is 50.5 Å². The fourth-order valence-corrected chi connectivity index (χ4v) is 4.88. The fourth-order valence-electron chi connectivity index (χ4n) is 4.88. The van der Waals surface area contributed by atoms with Crippen LogP contribution in [0.25, 0.3) is 0 Å². The maximum atomic E-state index is 11.5. The quantitative estimate of drug-likeness (QED) is 0.803. The second-order valence-corrected chi connectivity index (χ2v) is 8.11. The molecule has 0 aromatic carbocycles. The van der Waals surface area contributed by atoms with Crippen LogP contribution in [0.4, 0.5) is 0 Å². The third kappa shape index (κ3) is 2.05. The largest absolute Gasteiger partial charge is 0.389 e. The summed E-state index contributed by atoms with van der Waals surface area (Å²) in [6, 6.07) is 0. The monoisotopic (exact) mass is 266 g/mol. The standard InChI is InChI=1S/C16H30N2O/c1-14(2)4-6-15(12-17,7-5-14)16(19)8-10-18-9-3-13(16)11-18/h13,19H,3-12,17H2,1-2H3. The smallest absolute Gasteiger partial charge is 0.0768 e. The van der Waals surface area contributed by atoms with E-state index in [1.807, 2.05) is 0 Å². The van der Waals surface area contributed by atoms with Crippen LogP contribution in [0.2, 0.25) is 0 Å². The van der Waals surface area contributed by atoms with Gasteiger partial charge in [-0.2, -0.15) is 0 Å². The first-order valence-corrected chi connectivity index (χ1v) is 8.06. The van der Waals surface area contributed by atoms with E-state index in [1.54, 1.807) is 0 Å². The normalized spacial score (nSPS) is 44.2. The molecule has 0 radical (unpaired) electrons. The minimum Gasteiger partial charge on any atom is -0.389 e. The Morgan fingerprint density at radius 1 is 1.11 bits per heavy atom. The van der Waals surface area contributed by atoms with E-state index in [4.69, 9.17) is 5.73 Å². The van der Waals surface area contributed by atoms with E-state index in [1.165, 1.54) is 25.8 Å². The molecule has 2 aliphatic heterocycles. The topological polar surface area (TPSA) is 49.5 Å². The van der Waals surface area contributed by atoms with Gasteiger partial charge in [0.15, 0.2) is 0 Å². The highest BCUT2D eigenvalue weighted by Crippen LogP contribution is 2.56. The minimum absolute atomic E-state index is 0.0103. The number of hydrogen-bond acceptors (Lipinski definition) is 3. The molecular formula is C16H30N2O. The number of nitrogens with zero attached hydrogens (tertiary/aromatic N) is 1. The SMILES string of the molecule is CC1(C)CCC(CN)(C2(O)CCN3CCC2C3)CC1. The Morgan fingerprint density at radius 2 is 1.79 bits per heavy atom. The van der Waals surface area contributed by atoms with Crippen LogP contribution in [-0.2, 0) is 0 Å². The molecule has 3 unspecified atom stereocenters. The summed E-state index contributed by atoms with van der Waals surface area (Å²) in [5.41, 5.74) is 6.13. The van der Waals surface area contributed by atoms with Crippen LogP contribution >= 0.6 is 0 Å². The van der Waals surface area contributed by atoms with Crippen molar-refractivity contribution in [3.8, 4) is 0 Å². The second-order valence-electron chi connectivity index (χ2n) is 8.11. The molecule has 3 aliphatic rings. The molecule has 3 nitrogen and oxygen atoms in total. The maximum absolute atomic E-state index is 11.5. The molecule has 2 heterocycles. The lowest BCUT2D eigenvalue weighted by Gasteiger charge is -2.56. The molecule has 3 fully saturated rings. The summed E-state index contributed by atoms with van der Waals surface area (Å²) in [5.74, 6) is 0.464. The Bertz CT molecular complexity index is 345. The zero-order valence-electron chi connectivity index (χ0n) is 12.6. The van der Waals surface area contributed by atoms with Gasteiger partial charge in [0.1, 0.15) is 0 Å². The van der Waals surface area contributed by atoms with Crippen LogP contribution in [0.5, 0.6) is 0 Å². The van der Waals surface area contributed by atoms with Crippen molar-refractivity contribution in [1.29, 1.82) is 0 Å². The van der Waals surface area contributed by atoms with E-state index in [2.05, 4.69) is 18.7 Å². The number of nitrogens with two attached hydrogens (primary N) is 1. The molecule has 19 heavy (non-hydrogen) atoms. The van der Waals surface area contributed by atoms with Crippen LogP contribution in [-0.4, -0.2) is 41.8 Å². The number of aliphatic hydroxyl groups is 1. The van der Waals surface area contributed by atoms with Gasteiger partial charge < -0.3 is 15.7 Å². The zero-order valence-corrected chi connectivity index (χ0v) is 12.6. The van der Waals surface area contributed by atoms with E-state index in [0.717, 1.165) is 32.4 Å². The summed E-state index contributed by atoms with van der Waals surface area (Å²) in [6.07, 6.45) is 6.76. The Hall–Kier alpha value is -0.120. The van der Waals surface area contributed by atoms with Gasteiger partial charge in [-0.3, -0.25) is 0 Å². The van der Waals surface area contributed by atoms with Gasteiger partial charge in [0, 0.05) is 31.0 Å². The highest BCUT2D eigenvalue weighted by Gasteiger charge is 2.58. The maximum Gasteiger partial charge on any atom is 0.0768 e. The van der Waals surface area contributed by atoms with E-state index < -0.39 is 5.60 Å². The van der Waals surface area contributed by atoms with Gasteiger partial charge in [-0.1, -0.05) is 13.8 Å². The lowest BCUT2D eigenvalue weighted by Crippen LogP contribution is -2.61. The van der Waals surface area contributed by atoms with Gasteiger partial charge in [-0.15, -0.1) is 0 Å². The van der Waals surface area contributed by atoms with Crippen molar-refractivity contribution < 1.29 is 5.11 Å².